The Labute approximate surface area is 109 Å². The van der Waals surface area contributed by atoms with Gasteiger partial charge in [0.15, 0.2) is 0 Å². The summed E-state index contributed by atoms with van der Waals surface area (Å²) in [4.78, 5) is 0. The normalized spacial score (nSPS) is 11.3. The van der Waals surface area contributed by atoms with E-state index >= 15 is 0 Å². The molecular formula is C9H7Cl2SiTi+2. The molecule has 3 radical (unpaired) electrons. The van der Waals surface area contributed by atoms with Crippen molar-refractivity contribution < 1.29 is 46.5 Å². The molecule has 0 saturated carbocycles. The van der Waals surface area contributed by atoms with E-state index in [0.29, 0.717) is 0 Å². The van der Waals surface area contributed by atoms with Crippen LogP contribution >= 0.6 is 0 Å². The van der Waals surface area contributed by atoms with Crippen LogP contribution in [0.2, 0.25) is 0 Å². The van der Waals surface area contributed by atoms with E-state index in [-0.39, 0.29) is 46.5 Å². The summed E-state index contributed by atoms with van der Waals surface area (Å²) in [6.45, 7) is 0. The fraction of sp³-hybridized carbons (Fsp3) is 0.111. The maximum atomic E-state index is 3.53. The van der Waals surface area contributed by atoms with Crippen molar-refractivity contribution in [3.8, 4) is 0 Å². The first-order chi connectivity index (χ1) is 4.86. The molecule has 0 aromatic heterocycles. The minimum absolute atomic E-state index is 0. The van der Waals surface area contributed by atoms with Crippen LogP contribution in [0, 0.1) is 0 Å². The summed E-state index contributed by atoms with van der Waals surface area (Å²) in [7, 11) is 3.53. The minimum atomic E-state index is 0. The molecule has 1 aliphatic rings. The van der Waals surface area contributed by atoms with Gasteiger partial charge in [-0.1, -0.05) is 35.5 Å². The third kappa shape index (κ3) is 3.61. The number of benzene rings is 1. The van der Waals surface area contributed by atoms with Gasteiger partial charge in [0.05, 0.1) is 10.2 Å². The molecule has 0 bridgehead atoms. The Hall–Kier alpha value is 0.471. The zero-order valence-corrected chi connectivity index (χ0v) is 10.9. The van der Waals surface area contributed by atoms with Gasteiger partial charge in [-0.15, -0.1) is 0 Å². The minimum Gasteiger partial charge on any atom is -1.00 e. The van der Waals surface area contributed by atoms with Gasteiger partial charge in [0.25, 0.3) is 0 Å². The molecular weight excluding hydrogens is 255 g/mol. The predicted octanol–water partition coefficient (Wildman–Crippen LogP) is -4.24. The van der Waals surface area contributed by atoms with Gasteiger partial charge in [-0.2, -0.15) is 0 Å². The fourth-order valence-corrected chi connectivity index (χ4v) is 1.63. The van der Waals surface area contributed by atoms with E-state index in [4.69, 9.17) is 0 Å². The van der Waals surface area contributed by atoms with Crippen LogP contribution in [0.3, 0.4) is 0 Å². The van der Waals surface area contributed by atoms with E-state index in [1.54, 1.807) is 0 Å². The number of allylic oxidation sites excluding steroid dienone is 1. The topological polar surface area (TPSA) is 0 Å². The average molecular weight is 262 g/mol. The predicted molar refractivity (Wildman–Crippen MR) is 43.9 cm³/mol. The van der Waals surface area contributed by atoms with E-state index < -0.39 is 0 Å². The number of fused-ring (bicyclic) bond motifs is 1. The van der Waals surface area contributed by atoms with E-state index in [1.165, 1.54) is 16.3 Å². The molecule has 13 heavy (non-hydrogen) atoms. The summed E-state index contributed by atoms with van der Waals surface area (Å²) in [6, 6.07) is 8.46. The Bertz CT molecular complexity index is 299. The molecule has 2 rings (SSSR count). The smallest absolute Gasteiger partial charge is 1.00 e. The van der Waals surface area contributed by atoms with Crippen LogP contribution in [-0.4, -0.2) is 10.2 Å². The van der Waals surface area contributed by atoms with Crippen molar-refractivity contribution in [2.45, 2.75) is 6.42 Å². The first kappa shape index (κ1) is 15.9. The Morgan fingerprint density at radius 3 is 2.31 bits per heavy atom. The van der Waals surface area contributed by atoms with Gasteiger partial charge in [0.2, 0.25) is 0 Å². The SMILES string of the molecule is [Cl-].[Cl-].[Si]C1=Cc2ccccc2C1.[Ti+4]. The molecule has 0 N–H and O–H groups in total. The van der Waals surface area contributed by atoms with E-state index in [2.05, 4.69) is 40.6 Å². The van der Waals surface area contributed by atoms with E-state index in [0.717, 1.165) is 6.42 Å². The molecule has 0 nitrogen and oxygen atoms in total. The standard InChI is InChI=1S/C9H7Si.2ClH.Ti/c10-9-5-7-3-1-2-4-8(7)6-9;;;/h1-5H,6H2;2*1H;/q;;;+4/p-2. The summed E-state index contributed by atoms with van der Waals surface area (Å²) in [6.07, 6.45) is 3.24. The summed E-state index contributed by atoms with van der Waals surface area (Å²) in [5.74, 6) is 0. The van der Waals surface area contributed by atoms with Crippen LogP contribution in [0.1, 0.15) is 11.1 Å². The van der Waals surface area contributed by atoms with Crippen LogP contribution < -0.4 is 24.8 Å². The van der Waals surface area contributed by atoms with Gasteiger partial charge in [0, 0.05) is 0 Å². The van der Waals surface area contributed by atoms with Crippen molar-refractivity contribution in [2.24, 2.45) is 0 Å². The second-order valence-electron chi connectivity index (χ2n) is 2.55. The Morgan fingerprint density at radius 1 is 1.08 bits per heavy atom. The number of hydrogen-bond acceptors (Lipinski definition) is 0. The fourth-order valence-electron chi connectivity index (χ4n) is 1.28. The van der Waals surface area contributed by atoms with Crippen molar-refractivity contribution in [2.75, 3.05) is 0 Å². The van der Waals surface area contributed by atoms with Crippen molar-refractivity contribution >= 4 is 16.3 Å². The van der Waals surface area contributed by atoms with Crippen LogP contribution in [0.25, 0.3) is 6.08 Å². The van der Waals surface area contributed by atoms with Gasteiger partial charge in [0.1, 0.15) is 0 Å². The van der Waals surface area contributed by atoms with E-state index in [1.807, 2.05) is 0 Å². The number of rotatable bonds is 0. The van der Waals surface area contributed by atoms with E-state index in [9.17, 15) is 0 Å². The maximum Gasteiger partial charge on any atom is 4.00 e. The summed E-state index contributed by atoms with van der Waals surface area (Å²) < 4.78 is 0. The maximum absolute atomic E-state index is 3.53. The third-order valence-electron chi connectivity index (χ3n) is 1.77. The molecule has 1 aromatic rings. The largest absolute Gasteiger partial charge is 4.00 e. The second-order valence-corrected chi connectivity index (χ2v) is 3.19. The Morgan fingerprint density at radius 2 is 1.69 bits per heavy atom. The quantitative estimate of drug-likeness (QED) is 0.416. The number of halogens is 2. The first-order valence-corrected chi connectivity index (χ1v) is 3.86. The monoisotopic (exact) mass is 261 g/mol. The van der Waals surface area contributed by atoms with Crippen molar-refractivity contribution in [3.63, 3.8) is 0 Å². The zero-order chi connectivity index (χ0) is 6.97. The molecule has 0 aliphatic heterocycles. The zero-order valence-electron chi connectivity index (χ0n) is 6.85. The third-order valence-corrected chi connectivity index (χ3v) is 2.09. The van der Waals surface area contributed by atoms with Gasteiger partial charge in [-0.3, -0.25) is 0 Å². The van der Waals surface area contributed by atoms with Crippen molar-refractivity contribution in [1.82, 2.24) is 0 Å². The molecule has 0 unspecified atom stereocenters. The van der Waals surface area contributed by atoms with Gasteiger partial charge in [-0.05, 0) is 17.5 Å². The Kier molecular flexibility index (Phi) is 8.40. The van der Waals surface area contributed by atoms with Gasteiger partial charge >= 0.3 is 21.7 Å². The van der Waals surface area contributed by atoms with Crippen molar-refractivity contribution in [3.05, 3.63) is 40.6 Å². The molecule has 0 fully saturated rings. The summed E-state index contributed by atoms with van der Waals surface area (Å²) in [5.41, 5.74) is 2.78. The first-order valence-electron chi connectivity index (χ1n) is 3.36. The van der Waals surface area contributed by atoms with Crippen LogP contribution in [0.5, 0.6) is 0 Å². The van der Waals surface area contributed by atoms with Crippen LogP contribution in [0.15, 0.2) is 29.5 Å². The van der Waals surface area contributed by atoms with Crippen LogP contribution in [-0.2, 0) is 28.1 Å². The van der Waals surface area contributed by atoms with Crippen LogP contribution in [0.4, 0.5) is 0 Å². The molecule has 4 heteroatoms. The molecule has 0 spiro atoms. The average Bonchev–Trinajstić information content (AvgIpc) is 2.27. The van der Waals surface area contributed by atoms with Crippen molar-refractivity contribution in [1.29, 1.82) is 0 Å². The molecule has 1 aromatic carbocycles. The summed E-state index contributed by atoms with van der Waals surface area (Å²) in [5, 5.41) is 1.28. The molecule has 1 aliphatic carbocycles. The molecule has 0 amide bonds. The molecule has 0 atom stereocenters. The summed E-state index contributed by atoms with van der Waals surface area (Å²) >= 11 is 0. The van der Waals surface area contributed by atoms with Gasteiger partial charge in [-0.25, -0.2) is 0 Å². The molecule has 0 saturated heterocycles. The Balaban J connectivity index is 0. The second kappa shape index (κ2) is 6.86. The van der Waals surface area contributed by atoms with Gasteiger partial charge < -0.3 is 24.8 Å². The number of hydrogen-bond donors (Lipinski definition) is 0. The molecule has 0 heterocycles. The molecule has 63 valence electrons.